The number of fused-ring (bicyclic) bond motifs is 1. The van der Waals surface area contributed by atoms with Crippen molar-refractivity contribution < 1.29 is 14.4 Å². The van der Waals surface area contributed by atoms with Gasteiger partial charge in [-0.1, -0.05) is 49.4 Å². The number of rotatable bonds is 5. The summed E-state index contributed by atoms with van der Waals surface area (Å²) < 4.78 is 0. The first-order chi connectivity index (χ1) is 14.1. The smallest absolute Gasteiger partial charge is 0.269 e. The van der Waals surface area contributed by atoms with Gasteiger partial charge in [0.05, 0.1) is 0 Å². The van der Waals surface area contributed by atoms with Crippen molar-refractivity contribution in [1.29, 1.82) is 0 Å². The molecule has 0 aromatic heterocycles. The SMILES string of the molecule is CCC(=O)Nc1ccc(C(=O)NNC(=O)/C=C/c2cccc3ccccc23)cc1. The maximum absolute atomic E-state index is 12.2. The van der Waals surface area contributed by atoms with Gasteiger partial charge < -0.3 is 5.32 Å². The molecule has 6 heteroatoms. The molecule has 0 bridgehead atoms. The van der Waals surface area contributed by atoms with Gasteiger partial charge in [0.1, 0.15) is 0 Å². The number of anilines is 1. The van der Waals surface area contributed by atoms with Crippen LogP contribution in [0, 0.1) is 0 Å². The molecule has 0 aliphatic heterocycles. The lowest BCUT2D eigenvalue weighted by molar-refractivity contribution is -0.117. The maximum atomic E-state index is 12.2. The van der Waals surface area contributed by atoms with Gasteiger partial charge >= 0.3 is 0 Å². The number of hydrazine groups is 1. The molecule has 3 N–H and O–H groups in total. The highest BCUT2D eigenvalue weighted by Crippen LogP contribution is 2.19. The van der Waals surface area contributed by atoms with Crippen molar-refractivity contribution in [2.45, 2.75) is 13.3 Å². The van der Waals surface area contributed by atoms with E-state index in [2.05, 4.69) is 16.2 Å². The van der Waals surface area contributed by atoms with Gasteiger partial charge in [-0.15, -0.1) is 0 Å². The Morgan fingerprint density at radius 2 is 1.59 bits per heavy atom. The van der Waals surface area contributed by atoms with Gasteiger partial charge in [-0.2, -0.15) is 0 Å². The van der Waals surface area contributed by atoms with Gasteiger partial charge in [0.15, 0.2) is 0 Å². The van der Waals surface area contributed by atoms with Crippen LogP contribution in [0.3, 0.4) is 0 Å². The molecule has 3 aromatic carbocycles. The predicted molar refractivity (Wildman–Crippen MR) is 114 cm³/mol. The van der Waals surface area contributed by atoms with Crippen LogP contribution in [0.4, 0.5) is 5.69 Å². The standard InChI is InChI=1S/C23H21N3O3/c1-2-21(27)24-19-13-10-18(11-14-19)23(29)26-25-22(28)15-12-17-8-5-7-16-6-3-4-9-20(16)17/h3-15H,2H2,1H3,(H,24,27)(H,25,28)(H,26,29)/b15-12+. The van der Waals surface area contributed by atoms with Crippen LogP contribution in [0.25, 0.3) is 16.8 Å². The summed E-state index contributed by atoms with van der Waals surface area (Å²) in [7, 11) is 0. The highest BCUT2D eigenvalue weighted by molar-refractivity contribution is 6.00. The summed E-state index contributed by atoms with van der Waals surface area (Å²) in [5.74, 6) is -1.00. The Labute approximate surface area is 168 Å². The summed E-state index contributed by atoms with van der Waals surface area (Å²) in [5, 5.41) is 4.83. The summed E-state index contributed by atoms with van der Waals surface area (Å²) in [6.07, 6.45) is 3.45. The Balaban J connectivity index is 1.56. The molecule has 0 unspecified atom stereocenters. The molecule has 0 radical (unpaired) electrons. The quantitative estimate of drug-likeness (QED) is 0.461. The number of carbonyl (C=O) groups excluding carboxylic acids is 3. The Bertz CT molecular complexity index is 1070. The zero-order chi connectivity index (χ0) is 20.6. The largest absolute Gasteiger partial charge is 0.326 e. The highest BCUT2D eigenvalue weighted by atomic mass is 16.2. The van der Waals surface area contributed by atoms with Gasteiger partial charge in [0, 0.05) is 23.7 Å². The summed E-state index contributed by atoms with van der Waals surface area (Å²) in [4.78, 5) is 35.6. The molecule has 6 nitrogen and oxygen atoms in total. The lowest BCUT2D eigenvalue weighted by Gasteiger charge is -2.07. The van der Waals surface area contributed by atoms with Crippen molar-refractivity contribution in [3.8, 4) is 0 Å². The van der Waals surface area contributed by atoms with Crippen molar-refractivity contribution in [1.82, 2.24) is 10.9 Å². The normalized spacial score (nSPS) is 10.7. The maximum Gasteiger partial charge on any atom is 0.269 e. The average Bonchev–Trinajstić information content (AvgIpc) is 2.76. The number of benzene rings is 3. The van der Waals surface area contributed by atoms with Gasteiger partial charge in [-0.05, 0) is 46.7 Å². The lowest BCUT2D eigenvalue weighted by Crippen LogP contribution is -2.40. The van der Waals surface area contributed by atoms with E-state index >= 15 is 0 Å². The first kappa shape index (κ1) is 19.8. The molecule has 146 valence electrons. The molecule has 0 aliphatic rings. The van der Waals surface area contributed by atoms with E-state index in [0.29, 0.717) is 17.7 Å². The Kier molecular flexibility index (Phi) is 6.37. The molecule has 0 saturated heterocycles. The van der Waals surface area contributed by atoms with Crippen LogP contribution < -0.4 is 16.2 Å². The average molecular weight is 387 g/mol. The Morgan fingerprint density at radius 1 is 0.862 bits per heavy atom. The van der Waals surface area contributed by atoms with E-state index < -0.39 is 11.8 Å². The van der Waals surface area contributed by atoms with Gasteiger partial charge in [-0.25, -0.2) is 0 Å². The molecule has 0 fully saturated rings. The fourth-order valence-corrected chi connectivity index (χ4v) is 2.75. The monoisotopic (exact) mass is 387 g/mol. The molecule has 3 aromatic rings. The van der Waals surface area contributed by atoms with Crippen LogP contribution in [0.1, 0.15) is 29.3 Å². The van der Waals surface area contributed by atoms with Gasteiger partial charge in [-0.3, -0.25) is 25.2 Å². The second kappa shape index (κ2) is 9.32. The fraction of sp³-hybridized carbons (Fsp3) is 0.0870. The zero-order valence-electron chi connectivity index (χ0n) is 15.9. The van der Waals surface area contributed by atoms with Gasteiger partial charge in [0.2, 0.25) is 5.91 Å². The predicted octanol–water partition coefficient (Wildman–Crippen LogP) is 3.66. The molecule has 0 saturated carbocycles. The summed E-state index contributed by atoms with van der Waals surface area (Å²) in [6, 6.07) is 20.1. The summed E-state index contributed by atoms with van der Waals surface area (Å²) >= 11 is 0. The Hall–Kier alpha value is -3.93. The van der Waals surface area contributed by atoms with Crippen LogP contribution in [0.5, 0.6) is 0 Å². The van der Waals surface area contributed by atoms with E-state index in [9.17, 15) is 14.4 Å². The van der Waals surface area contributed by atoms with Crippen molar-refractivity contribution in [2.24, 2.45) is 0 Å². The first-order valence-corrected chi connectivity index (χ1v) is 9.23. The second-order valence-corrected chi connectivity index (χ2v) is 6.32. The molecular formula is C23H21N3O3. The van der Waals surface area contributed by atoms with E-state index in [1.165, 1.54) is 6.08 Å². The molecule has 0 atom stereocenters. The number of hydrogen-bond donors (Lipinski definition) is 3. The second-order valence-electron chi connectivity index (χ2n) is 6.32. The number of carbonyl (C=O) groups is 3. The van der Waals surface area contributed by atoms with Gasteiger partial charge in [0.25, 0.3) is 11.8 Å². The van der Waals surface area contributed by atoms with Crippen LogP contribution >= 0.6 is 0 Å². The van der Waals surface area contributed by atoms with E-state index in [4.69, 9.17) is 0 Å². The van der Waals surface area contributed by atoms with Crippen LogP contribution in [0.2, 0.25) is 0 Å². The number of amides is 3. The topological polar surface area (TPSA) is 87.3 Å². The molecule has 3 amide bonds. The minimum absolute atomic E-state index is 0.104. The molecule has 0 spiro atoms. The van der Waals surface area contributed by atoms with Crippen LogP contribution in [-0.4, -0.2) is 17.7 Å². The third-order valence-electron chi connectivity index (χ3n) is 4.29. The van der Waals surface area contributed by atoms with E-state index in [1.54, 1.807) is 37.3 Å². The fourth-order valence-electron chi connectivity index (χ4n) is 2.75. The molecule has 0 aliphatic carbocycles. The zero-order valence-corrected chi connectivity index (χ0v) is 15.9. The van der Waals surface area contributed by atoms with Crippen LogP contribution in [-0.2, 0) is 9.59 Å². The minimum Gasteiger partial charge on any atom is -0.326 e. The van der Waals surface area contributed by atoms with E-state index in [-0.39, 0.29) is 5.91 Å². The lowest BCUT2D eigenvalue weighted by atomic mass is 10.0. The molecule has 0 heterocycles. The van der Waals surface area contributed by atoms with Crippen molar-refractivity contribution in [3.05, 3.63) is 83.9 Å². The Morgan fingerprint density at radius 3 is 2.34 bits per heavy atom. The van der Waals surface area contributed by atoms with E-state index in [1.807, 2.05) is 42.5 Å². The summed E-state index contributed by atoms with van der Waals surface area (Å²) in [5.41, 5.74) is 6.60. The first-order valence-electron chi connectivity index (χ1n) is 9.23. The highest BCUT2D eigenvalue weighted by Gasteiger charge is 2.07. The molecular weight excluding hydrogens is 366 g/mol. The van der Waals surface area contributed by atoms with Crippen molar-refractivity contribution in [3.63, 3.8) is 0 Å². The van der Waals surface area contributed by atoms with Crippen molar-refractivity contribution in [2.75, 3.05) is 5.32 Å². The van der Waals surface area contributed by atoms with Crippen LogP contribution in [0.15, 0.2) is 72.8 Å². The summed E-state index contributed by atoms with van der Waals surface area (Å²) in [6.45, 7) is 1.76. The minimum atomic E-state index is -0.453. The third-order valence-corrected chi connectivity index (χ3v) is 4.29. The molecule has 3 rings (SSSR count). The number of nitrogens with one attached hydrogen (secondary N) is 3. The molecule has 29 heavy (non-hydrogen) atoms. The van der Waals surface area contributed by atoms with E-state index in [0.717, 1.165) is 16.3 Å². The number of hydrogen-bond acceptors (Lipinski definition) is 3. The van der Waals surface area contributed by atoms with Crippen molar-refractivity contribution >= 4 is 40.3 Å². The third kappa shape index (κ3) is 5.29.